The van der Waals surface area contributed by atoms with E-state index in [0.717, 1.165) is 41.3 Å². The van der Waals surface area contributed by atoms with E-state index < -0.39 is 0 Å². The highest BCUT2D eigenvalue weighted by Gasteiger charge is 2.12. The van der Waals surface area contributed by atoms with Crippen LogP contribution in [0.1, 0.15) is 25.7 Å². The fraction of sp³-hybridized carbons (Fsp3) is 0.368. The van der Waals surface area contributed by atoms with Crippen LogP contribution in [0.2, 0.25) is 0 Å². The SMILES string of the molecule is Brc1ccccc1Oc1ccc(OCCC2CCCCN2)cc1. The Morgan fingerprint density at radius 2 is 1.78 bits per heavy atom. The molecule has 1 heterocycles. The first kappa shape index (κ1) is 16.3. The fourth-order valence-corrected chi connectivity index (χ4v) is 3.11. The second-order valence-corrected chi connectivity index (χ2v) is 6.64. The molecular formula is C19H22BrNO2. The molecule has 0 aromatic heterocycles. The van der Waals surface area contributed by atoms with Gasteiger partial charge in [-0.3, -0.25) is 0 Å². The number of piperidine rings is 1. The zero-order chi connectivity index (χ0) is 15.9. The Morgan fingerprint density at radius 3 is 2.52 bits per heavy atom. The van der Waals surface area contributed by atoms with Crippen LogP contribution >= 0.6 is 15.9 Å². The second kappa shape index (κ2) is 8.37. The molecule has 2 aromatic carbocycles. The molecule has 0 saturated carbocycles. The Balaban J connectivity index is 1.48. The van der Waals surface area contributed by atoms with Gasteiger partial charge in [-0.1, -0.05) is 18.6 Å². The standard InChI is InChI=1S/C19H22BrNO2/c20-18-6-1-2-7-19(18)23-17-10-8-16(9-11-17)22-14-12-15-5-3-4-13-21-15/h1-2,6-11,15,21H,3-5,12-14H2. The smallest absolute Gasteiger partial charge is 0.141 e. The number of hydrogen-bond donors (Lipinski definition) is 1. The summed E-state index contributed by atoms with van der Waals surface area (Å²) in [5, 5.41) is 3.54. The topological polar surface area (TPSA) is 30.5 Å². The first-order valence-corrected chi connectivity index (χ1v) is 8.99. The lowest BCUT2D eigenvalue weighted by Gasteiger charge is -2.23. The van der Waals surface area contributed by atoms with Crippen molar-refractivity contribution < 1.29 is 9.47 Å². The molecule has 2 aromatic rings. The van der Waals surface area contributed by atoms with Gasteiger partial charge in [0.1, 0.15) is 17.2 Å². The minimum Gasteiger partial charge on any atom is -0.494 e. The molecule has 0 bridgehead atoms. The van der Waals surface area contributed by atoms with Gasteiger partial charge in [0.05, 0.1) is 11.1 Å². The highest BCUT2D eigenvalue weighted by Crippen LogP contribution is 2.30. The number of ether oxygens (including phenoxy) is 2. The molecule has 122 valence electrons. The minimum absolute atomic E-state index is 0.613. The van der Waals surface area contributed by atoms with Gasteiger partial charge in [-0.25, -0.2) is 0 Å². The summed E-state index contributed by atoms with van der Waals surface area (Å²) in [6.07, 6.45) is 4.96. The Labute approximate surface area is 146 Å². The zero-order valence-electron chi connectivity index (χ0n) is 13.1. The summed E-state index contributed by atoms with van der Waals surface area (Å²) in [7, 11) is 0. The van der Waals surface area contributed by atoms with Gasteiger partial charge in [0.25, 0.3) is 0 Å². The van der Waals surface area contributed by atoms with Crippen molar-refractivity contribution in [2.75, 3.05) is 13.2 Å². The zero-order valence-corrected chi connectivity index (χ0v) is 14.7. The van der Waals surface area contributed by atoms with Gasteiger partial charge in [0, 0.05) is 6.04 Å². The van der Waals surface area contributed by atoms with Crippen LogP contribution in [0.5, 0.6) is 17.2 Å². The van der Waals surface area contributed by atoms with Crippen LogP contribution in [0, 0.1) is 0 Å². The van der Waals surface area contributed by atoms with E-state index in [1.807, 2.05) is 48.5 Å². The van der Waals surface area contributed by atoms with Gasteiger partial charge >= 0.3 is 0 Å². The van der Waals surface area contributed by atoms with E-state index in [9.17, 15) is 0 Å². The first-order chi connectivity index (χ1) is 11.3. The lowest BCUT2D eigenvalue weighted by molar-refractivity contribution is 0.268. The minimum atomic E-state index is 0.613. The van der Waals surface area contributed by atoms with Gasteiger partial charge in [-0.15, -0.1) is 0 Å². The summed E-state index contributed by atoms with van der Waals surface area (Å²) in [6.45, 7) is 1.90. The molecule has 1 atom stereocenters. The molecule has 3 rings (SSSR count). The van der Waals surface area contributed by atoms with E-state index in [2.05, 4.69) is 21.2 Å². The lowest BCUT2D eigenvalue weighted by atomic mass is 10.0. The van der Waals surface area contributed by atoms with Gasteiger partial charge in [-0.2, -0.15) is 0 Å². The molecule has 1 fully saturated rings. The molecule has 3 nitrogen and oxygen atoms in total. The van der Waals surface area contributed by atoms with E-state index in [1.54, 1.807) is 0 Å². The molecule has 0 radical (unpaired) electrons. The quantitative estimate of drug-likeness (QED) is 0.756. The largest absolute Gasteiger partial charge is 0.494 e. The molecular weight excluding hydrogens is 354 g/mol. The highest BCUT2D eigenvalue weighted by atomic mass is 79.9. The summed E-state index contributed by atoms with van der Waals surface area (Å²) in [4.78, 5) is 0. The van der Waals surface area contributed by atoms with Crippen molar-refractivity contribution in [3.63, 3.8) is 0 Å². The summed E-state index contributed by atoms with van der Waals surface area (Å²) in [6, 6.07) is 16.2. The number of hydrogen-bond acceptors (Lipinski definition) is 3. The molecule has 1 saturated heterocycles. The van der Waals surface area contributed by atoms with E-state index in [1.165, 1.54) is 19.3 Å². The van der Waals surface area contributed by atoms with Gasteiger partial charge in [0.15, 0.2) is 0 Å². The normalized spacial score (nSPS) is 17.7. The number of rotatable bonds is 6. The maximum Gasteiger partial charge on any atom is 0.141 e. The van der Waals surface area contributed by atoms with E-state index in [0.29, 0.717) is 6.04 Å². The van der Waals surface area contributed by atoms with E-state index >= 15 is 0 Å². The van der Waals surface area contributed by atoms with Gasteiger partial charge in [-0.05, 0) is 78.1 Å². The van der Waals surface area contributed by atoms with Crippen molar-refractivity contribution in [1.82, 2.24) is 5.32 Å². The third-order valence-corrected chi connectivity index (χ3v) is 4.69. The van der Waals surface area contributed by atoms with Crippen LogP contribution in [0.3, 0.4) is 0 Å². The maximum absolute atomic E-state index is 5.85. The fourth-order valence-electron chi connectivity index (χ4n) is 2.75. The van der Waals surface area contributed by atoms with Crippen LogP contribution in [0.25, 0.3) is 0 Å². The van der Waals surface area contributed by atoms with Gasteiger partial charge in [0.2, 0.25) is 0 Å². The summed E-state index contributed by atoms with van der Waals surface area (Å²) < 4.78 is 12.6. The molecule has 0 aliphatic carbocycles. The van der Waals surface area contributed by atoms with Crippen LogP contribution < -0.4 is 14.8 Å². The van der Waals surface area contributed by atoms with Crippen molar-refractivity contribution in [3.8, 4) is 17.2 Å². The van der Waals surface area contributed by atoms with Crippen molar-refractivity contribution in [3.05, 3.63) is 53.0 Å². The summed E-state index contributed by atoms with van der Waals surface area (Å²) >= 11 is 3.48. The first-order valence-electron chi connectivity index (χ1n) is 8.20. The molecule has 1 N–H and O–H groups in total. The number of benzene rings is 2. The second-order valence-electron chi connectivity index (χ2n) is 5.79. The average Bonchev–Trinajstić information content (AvgIpc) is 2.59. The molecule has 23 heavy (non-hydrogen) atoms. The van der Waals surface area contributed by atoms with Crippen LogP contribution in [-0.2, 0) is 0 Å². The Morgan fingerprint density at radius 1 is 1.00 bits per heavy atom. The third-order valence-electron chi connectivity index (χ3n) is 4.04. The molecule has 4 heteroatoms. The molecule has 0 spiro atoms. The predicted octanol–water partition coefficient (Wildman–Crippen LogP) is 5.15. The summed E-state index contributed by atoms with van der Waals surface area (Å²) in [5.41, 5.74) is 0. The molecule has 1 unspecified atom stereocenters. The highest BCUT2D eigenvalue weighted by molar-refractivity contribution is 9.10. The number of nitrogens with one attached hydrogen (secondary N) is 1. The van der Waals surface area contributed by atoms with Crippen LogP contribution in [-0.4, -0.2) is 19.2 Å². The lowest BCUT2D eigenvalue weighted by Crippen LogP contribution is -2.35. The number of halogens is 1. The van der Waals surface area contributed by atoms with E-state index in [4.69, 9.17) is 9.47 Å². The third kappa shape index (κ3) is 4.98. The molecule has 1 aliphatic heterocycles. The van der Waals surface area contributed by atoms with Crippen LogP contribution in [0.15, 0.2) is 53.0 Å². The molecule has 1 aliphatic rings. The maximum atomic E-state index is 5.85. The Kier molecular flexibility index (Phi) is 5.94. The monoisotopic (exact) mass is 375 g/mol. The number of para-hydroxylation sites is 1. The van der Waals surface area contributed by atoms with Crippen molar-refractivity contribution >= 4 is 15.9 Å². The van der Waals surface area contributed by atoms with Crippen molar-refractivity contribution in [1.29, 1.82) is 0 Å². The predicted molar refractivity (Wildman–Crippen MR) is 96.4 cm³/mol. The molecule has 0 amide bonds. The van der Waals surface area contributed by atoms with Crippen molar-refractivity contribution in [2.24, 2.45) is 0 Å². The summed E-state index contributed by atoms with van der Waals surface area (Å²) in [5.74, 6) is 2.50. The van der Waals surface area contributed by atoms with Crippen LogP contribution in [0.4, 0.5) is 0 Å². The average molecular weight is 376 g/mol. The Bertz CT molecular complexity index is 609. The van der Waals surface area contributed by atoms with Crippen molar-refractivity contribution in [2.45, 2.75) is 31.7 Å². The van der Waals surface area contributed by atoms with Gasteiger partial charge < -0.3 is 14.8 Å². The van der Waals surface area contributed by atoms with E-state index in [-0.39, 0.29) is 0 Å². The Hall–Kier alpha value is -1.52.